The van der Waals surface area contributed by atoms with E-state index in [1.54, 1.807) is 13.8 Å². The summed E-state index contributed by atoms with van der Waals surface area (Å²) in [5.41, 5.74) is 0.834. The molecule has 1 aromatic rings. The molecule has 0 aliphatic heterocycles. The zero-order valence-electron chi connectivity index (χ0n) is 12.9. The first-order valence-corrected chi connectivity index (χ1v) is 7.34. The molecule has 0 unspecified atom stereocenters. The number of aliphatic carboxylic acids is 1. The molecule has 0 aliphatic rings. The summed E-state index contributed by atoms with van der Waals surface area (Å²) < 4.78 is 0. The first kappa shape index (κ1) is 17.2. The van der Waals surface area contributed by atoms with E-state index < -0.39 is 11.5 Å². The van der Waals surface area contributed by atoms with Crippen LogP contribution in [0.25, 0.3) is 0 Å². The monoisotopic (exact) mass is 292 g/mol. The fourth-order valence-corrected chi connectivity index (χ4v) is 2.20. The molecule has 0 aromatic heterocycles. The van der Waals surface area contributed by atoms with E-state index in [-0.39, 0.29) is 12.5 Å². The molecule has 1 aromatic carbocycles. The van der Waals surface area contributed by atoms with Crippen LogP contribution in [0.3, 0.4) is 0 Å². The van der Waals surface area contributed by atoms with Gasteiger partial charge < -0.3 is 10.4 Å². The molecule has 1 rings (SSSR count). The van der Waals surface area contributed by atoms with Gasteiger partial charge in [-0.3, -0.25) is 14.9 Å². The second-order valence-electron chi connectivity index (χ2n) is 5.05. The summed E-state index contributed by atoms with van der Waals surface area (Å²) in [6.45, 7) is 5.62. The van der Waals surface area contributed by atoms with Crippen LogP contribution in [0.2, 0.25) is 0 Å². The highest BCUT2D eigenvalue weighted by Gasteiger charge is 2.34. The number of benzene rings is 1. The summed E-state index contributed by atoms with van der Waals surface area (Å²) in [6, 6.07) is 7.63. The second-order valence-corrected chi connectivity index (χ2v) is 5.05. The van der Waals surface area contributed by atoms with Crippen molar-refractivity contribution in [3.05, 3.63) is 29.8 Å². The van der Waals surface area contributed by atoms with Gasteiger partial charge in [-0.1, -0.05) is 32.9 Å². The average Bonchev–Trinajstić information content (AvgIpc) is 2.48. The minimum absolute atomic E-state index is 0.0235. The van der Waals surface area contributed by atoms with Gasteiger partial charge >= 0.3 is 5.97 Å². The standard InChI is InChI=1S/C16H24N2O3/c1-4-12-8-7-9-13(10-12)18-14(19)11-17-16(5-2,6-3)15(20)21/h7-10,17H,4-6,11H2,1-3H3,(H,18,19)(H,20,21). The van der Waals surface area contributed by atoms with Gasteiger partial charge in [-0.2, -0.15) is 0 Å². The molecular weight excluding hydrogens is 268 g/mol. The van der Waals surface area contributed by atoms with Gasteiger partial charge in [0.1, 0.15) is 5.54 Å². The summed E-state index contributed by atoms with van der Waals surface area (Å²) in [4.78, 5) is 23.3. The van der Waals surface area contributed by atoms with Crippen molar-refractivity contribution in [3.63, 3.8) is 0 Å². The molecule has 0 radical (unpaired) electrons. The number of hydrogen-bond donors (Lipinski definition) is 3. The van der Waals surface area contributed by atoms with Crippen LogP contribution in [0.15, 0.2) is 24.3 Å². The zero-order chi connectivity index (χ0) is 15.9. The van der Waals surface area contributed by atoms with Gasteiger partial charge in [-0.15, -0.1) is 0 Å². The predicted molar refractivity (Wildman–Crippen MR) is 83.4 cm³/mol. The normalized spacial score (nSPS) is 11.2. The number of carboxylic acid groups (broad SMARTS) is 1. The molecule has 0 fully saturated rings. The van der Waals surface area contributed by atoms with Gasteiger partial charge in [0.2, 0.25) is 5.91 Å². The molecule has 116 valence electrons. The van der Waals surface area contributed by atoms with Crippen molar-refractivity contribution in [1.82, 2.24) is 5.32 Å². The van der Waals surface area contributed by atoms with Gasteiger partial charge in [0.25, 0.3) is 0 Å². The summed E-state index contributed by atoms with van der Waals surface area (Å²) in [5, 5.41) is 15.0. The van der Waals surface area contributed by atoms with E-state index in [1.807, 2.05) is 31.2 Å². The summed E-state index contributed by atoms with van der Waals surface area (Å²) >= 11 is 0. The van der Waals surface area contributed by atoms with E-state index in [0.717, 1.165) is 17.7 Å². The van der Waals surface area contributed by atoms with Crippen LogP contribution in [-0.2, 0) is 16.0 Å². The Hall–Kier alpha value is -1.88. The molecule has 0 aliphatic carbocycles. The number of carbonyl (C=O) groups is 2. The lowest BCUT2D eigenvalue weighted by molar-refractivity contribution is -0.145. The fraction of sp³-hybridized carbons (Fsp3) is 0.500. The SMILES string of the molecule is CCc1cccc(NC(=O)CNC(CC)(CC)C(=O)O)c1. The summed E-state index contributed by atoms with van der Waals surface area (Å²) in [6.07, 6.45) is 1.75. The molecule has 0 saturated heterocycles. The van der Waals surface area contributed by atoms with E-state index in [9.17, 15) is 14.7 Å². The fourth-order valence-electron chi connectivity index (χ4n) is 2.20. The number of anilines is 1. The first-order valence-electron chi connectivity index (χ1n) is 7.34. The topological polar surface area (TPSA) is 78.4 Å². The molecule has 0 heterocycles. The Morgan fingerprint density at radius 1 is 1.19 bits per heavy atom. The number of aryl methyl sites for hydroxylation is 1. The van der Waals surface area contributed by atoms with Crippen LogP contribution >= 0.6 is 0 Å². The lowest BCUT2D eigenvalue weighted by Gasteiger charge is -2.27. The Bertz CT molecular complexity index is 496. The van der Waals surface area contributed by atoms with E-state index in [2.05, 4.69) is 10.6 Å². The number of rotatable bonds is 8. The van der Waals surface area contributed by atoms with E-state index in [1.165, 1.54) is 0 Å². The largest absolute Gasteiger partial charge is 0.480 e. The van der Waals surface area contributed by atoms with Gasteiger partial charge in [0.15, 0.2) is 0 Å². The zero-order valence-corrected chi connectivity index (χ0v) is 12.9. The maximum Gasteiger partial charge on any atom is 0.323 e. The molecule has 5 nitrogen and oxygen atoms in total. The molecule has 5 heteroatoms. The lowest BCUT2D eigenvalue weighted by Crippen LogP contribution is -2.53. The molecule has 1 amide bonds. The Morgan fingerprint density at radius 3 is 2.38 bits per heavy atom. The second kappa shape index (κ2) is 7.78. The Labute approximate surface area is 125 Å². The third-order valence-electron chi connectivity index (χ3n) is 3.82. The molecule has 0 spiro atoms. The summed E-state index contributed by atoms with van der Waals surface area (Å²) in [7, 11) is 0. The highest BCUT2D eigenvalue weighted by molar-refractivity contribution is 5.93. The number of nitrogens with one attached hydrogen (secondary N) is 2. The first-order chi connectivity index (χ1) is 9.97. The van der Waals surface area contributed by atoms with Crippen molar-refractivity contribution in [3.8, 4) is 0 Å². The number of amides is 1. The van der Waals surface area contributed by atoms with Gasteiger partial charge in [0.05, 0.1) is 6.54 Å². The maximum atomic E-state index is 11.9. The third kappa shape index (κ3) is 4.56. The molecule has 0 saturated carbocycles. The Balaban J connectivity index is 2.63. The minimum atomic E-state index is -1.04. The van der Waals surface area contributed by atoms with Gasteiger partial charge in [0, 0.05) is 5.69 Å². The smallest absolute Gasteiger partial charge is 0.323 e. The lowest BCUT2D eigenvalue weighted by atomic mass is 9.93. The highest BCUT2D eigenvalue weighted by atomic mass is 16.4. The van der Waals surface area contributed by atoms with Crippen molar-refractivity contribution < 1.29 is 14.7 Å². The number of hydrogen-bond acceptors (Lipinski definition) is 3. The highest BCUT2D eigenvalue weighted by Crippen LogP contribution is 2.15. The third-order valence-corrected chi connectivity index (χ3v) is 3.82. The minimum Gasteiger partial charge on any atom is -0.480 e. The number of carboxylic acids is 1. The van der Waals surface area contributed by atoms with Crippen LogP contribution in [0.4, 0.5) is 5.69 Å². The predicted octanol–water partition coefficient (Wildman–Crippen LogP) is 2.42. The van der Waals surface area contributed by atoms with Crippen LogP contribution in [0.5, 0.6) is 0 Å². The molecule has 0 atom stereocenters. The van der Waals surface area contributed by atoms with E-state index in [4.69, 9.17) is 0 Å². The number of carbonyl (C=O) groups excluding carboxylic acids is 1. The quantitative estimate of drug-likeness (QED) is 0.687. The van der Waals surface area contributed by atoms with Crippen molar-refractivity contribution in [2.75, 3.05) is 11.9 Å². The van der Waals surface area contributed by atoms with Crippen molar-refractivity contribution >= 4 is 17.6 Å². The molecule has 0 bridgehead atoms. The van der Waals surface area contributed by atoms with Crippen molar-refractivity contribution in [2.24, 2.45) is 0 Å². The van der Waals surface area contributed by atoms with Crippen molar-refractivity contribution in [1.29, 1.82) is 0 Å². The van der Waals surface area contributed by atoms with E-state index in [0.29, 0.717) is 12.8 Å². The molecule has 21 heavy (non-hydrogen) atoms. The molecular formula is C16H24N2O3. The Kier molecular flexibility index (Phi) is 6.37. The Morgan fingerprint density at radius 2 is 1.86 bits per heavy atom. The average molecular weight is 292 g/mol. The summed E-state index contributed by atoms with van der Waals surface area (Å²) in [5.74, 6) is -1.16. The van der Waals surface area contributed by atoms with Crippen LogP contribution in [0, 0.1) is 0 Å². The van der Waals surface area contributed by atoms with Gasteiger partial charge in [-0.05, 0) is 37.0 Å². The van der Waals surface area contributed by atoms with E-state index >= 15 is 0 Å². The van der Waals surface area contributed by atoms with Crippen molar-refractivity contribution in [2.45, 2.75) is 45.6 Å². The van der Waals surface area contributed by atoms with Gasteiger partial charge in [-0.25, -0.2) is 0 Å². The van der Waals surface area contributed by atoms with Crippen LogP contribution in [-0.4, -0.2) is 29.1 Å². The van der Waals surface area contributed by atoms with Crippen LogP contribution < -0.4 is 10.6 Å². The van der Waals surface area contributed by atoms with Crippen LogP contribution in [0.1, 0.15) is 39.2 Å². The molecule has 3 N–H and O–H groups in total. The maximum absolute atomic E-state index is 11.9.